The molecule has 0 unspecified atom stereocenters. The Morgan fingerprint density at radius 1 is 1.06 bits per heavy atom. The van der Waals surface area contributed by atoms with Crippen LogP contribution < -0.4 is 5.32 Å². The van der Waals surface area contributed by atoms with Crippen LogP contribution in [-0.2, 0) is 6.54 Å². The minimum absolute atomic E-state index is 0.138. The molecule has 0 amide bonds. The van der Waals surface area contributed by atoms with Gasteiger partial charge in [-0.25, -0.2) is 0 Å². The predicted octanol–water partition coefficient (Wildman–Crippen LogP) is 4.04. The van der Waals surface area contributed by atoms with Gasteiger partial charge in [0, 0.05) is 23.2 Å². The molecule has 1 aliphatic carbocycles. The molecule has 18 heavy (non-hydrogen) atoms. The third-order valence-corrected chi connectivity index (χ3v) is 4.60. The Hall–Kier alpha value is 0.01000. The molecule has 5 heteroatoms. The summed E-state index contributed by atoms with van der Waals surface area (Å²) >= 11 is 18.2. The lowest BCUT2D eigenvalue weighted by Crippen LogP contribution is -2.34. The van der Waals surface area contributed by atoms with E-state index in [2.05, 4.69) is 5.32 Å². The van der Waals surface area contributed by atoms with Crippen LogP contribution in [0.1, 0.15) is 31.2 Å². The first-order chi connectivity index (χ1) is 8.58. The summed E-state index contributed by atoms with van der Waals surface area (Å²) < 4.78 is 0. The zero-order valence-electron chi connectivity index (χ0n) is 9.93. The lowest BCUT2D eigenvalue weighted by atomic mass is 9.93. The molecule has 0 radical (unpaired) electrons. The molecule has 0 aromatic heterocycles. The minimum atomic E-state index is -0.138. The Labute approximate surface area is 122 Å². The van der Waals surface area contributed by atoms with Crippen LogP contribution in [0.15, 0.2) is 12.1 Å². The molecule has 1 saturated carbocycles. The van der Waals surface area contributed by atoms with Gasteiger partial charge in [0.2, 0.25) is 0 Å². The molecule has 2 nitrogen and oxygen atoms in total. The van der Waals surface area contributed by atoms with Crippen molar-refractivity contribution < 1.29 is 5.11 Å². The van der Waals surface area contributed by atoms with E-state index in [4.69, 9.17) is 34.8 Å². The Kier molecular flexibility index (Phi) is 5.16. The average molecular weight is 309 g/mol. The topological polar surface area (TPSA) is 32.3 Å². The highest BCUT2D eigenvalue weighted by Crippen LogP contribution is 2.31. The highest BCUT2D eigenvalue weighted by atomic mass is 35.5. The van der Waals surface area contributed by atoms with E-state index < -0.39 is 0 Å². The number of hydrogen-bond acceptors (Lipinski definition) is 2. The minimum Gasteiger partial charge on any atom is -0.393 e. The zero-order valence-corrected chi connectivity index (χ0v) is 12.2. The molecule has 0 saturated heterocycles. The second-order valence-electron chi connectivity index (χ2n) is 4.71. The third-order valence-electron chi connectivity index (χ3n) is 3.40. The van der Waals surface area contributed by atoms with E-state index in [1.807, 2.05) is 0 Å². The maximum atomic E-state index is 9.45. The highest BCUT2D eigenvalue weighted by Gasteiger charge is 2.19. The summed E-state index contributed by atoms with van der Waals surface area (Å²) in [7, 11) is 0. The number of nitrogens with one attached hydrogen (secondary N) is 1. The number of rotatable bonds is 3. The number of benzene rings is 1. The van der Waals surface area contributed by atoms with Crippen molar-refractivity contribution in [3.05, 3.63) is 32.8 Å². The van der Waals surface area contributed by atoms with Crippen molar-refractivity contribution in [2.24, 2.45) is 0 Å². The van der Waals surface area contributed by atoms with Crippen LogP contribution in [0.4, 0.5) is 0 Å². The van der Waals surface area contributed by atoms with Crippen molar-refractivity contribution in [3.63, 3.8) is 0 Å². The summed E-state index contributed by atoms with van der Waals surface area (Å²) in [5.74, 6) is 0. The van der Waals surface area contributed by atoms with Crippen molar-refractivity contribution in [1.29, 1.82) is 0 Å². The Bertz CT molecular complexity index is 417. The summed E-state index contributed by atoms with van der Waals surface area (Å²) in [5.41, 5.74) is 0.844. The van der Waals surface area contributed by atoms with Gasteiger partial charge in [0.15, 0.2) is 0 Å². The third kappa shape index (κ3) is 3.52. The number of aliphatic hydroxyl groups is 1. The number of hydrogen-bond donors (Lipinski definition) is 2. The molecule has 1 aliphatic rings. The Balaban J connectivity index is 1.96. The van der Waals surface area contributed by atoms with E-state index in [1.54, 1.807) is 12.1 Å². The molecule has 2 N–H and O–H groups in total. The maximum Gasteiger partial charge on any atom is 0.0652 e. The van der Waals surface area contributed by atoms with Crippen LogP contribution >= 0.6 is 34.8 Å². The summed E-state index contributed by atoms with van der Waals surface area (Å²) in [6, 6.07) is 3.88. The monoisotopic (exact) mass is 307 g/mol. The van der Waals surface area contributed by atoms with Gasteiger partial charge in [-0.15, -0.1) is 0 Å². The van der Waals surface area contributed by atoms with Gasteiger partial charge in [-0.05, 0) is 37.8 Å². The SMILES string of the molecule is OC1CCC(NCc2c(Cl)ccc(Cl)c2Cl)CC1. The summed E-state index contributed by atoms with van der Waals surface area (Å²) in [6.45, 7) is 0.610. The van der Waals surface area contributed by atoms with E-state index in [-0.39, 0.29) is 6.10 Å². The molecular weight excluding hydrogens is 293 g/mol. The largest absolute Gasteiger partial charge is 0.393 e. The summed E-state index contributed by atoms with van der Waals surface area (Å²) in [4.78, 5) is 0. The highest BCUT2D eigenvalue weighted by molar-refractivity contribution is 6.44. The van der Waals surface area contributed by atoms with Gasteiger partial charge in [0.1, 0.15) is 0 Å². The first-order valence-electron chi connectivity index (χ1n) is 6.11. The van der Waals surface area contributed by atoms with Crippen molar-refractivity contribution in [1.82, 2.24) is 5.32 Å². The van der Waals surface area contributed by atoms with Gasteiger partial charge >= 0.3 is 0 Å². The standard InChI is InChI=1S/C13H16Cl3NO/c14-11-5-6-12(15)13(16)10(11)7-17-8-1-3-9(18)4-2-8/h5-6,8-9,17-18H,1-4,7H2. The van der Waals surface area contributed by atoms with Crippen molar-refractivity contribution in [3.8, 4) is 0 Å². The lowest BCUT2D eigenvalue weighted by Gasteiger charge is -2.26. The van der Waals surface area contributed by atoms with E-state index in [0.717, 1.165) is 31.2 Å². The molecular formula is C13H16Cl3NO. The normalized spacial score (nSPS) is 24.2. The smallest absolute Gasteiger partial charge is 0.0652 e. The van der Waals surface area contributed by atoms with Crippen LogP contribution in [0.3, 0.4) is 0 Å². The van der Waals surface area contributed by atoms with Crippen molar-refractivity contribution in [2.75, 3.05) is 0 Å². The number of aliphatic hydroxyl groups excluding tert-OH is 1. The fraction of sp³-hybridized carbons (Fsp3) is 0.538. The molecule has 1 aromatic carbocycles. The van der Waals surface area contributed by atoms with E-state index in [1.165, 1.54) is 0 Å². The summed E-state index contributed by atoms with van der Waals surface area (Å²) in [5, 5.41) is 14.6. The van der Waals surface area contributed by atoms with Gasteiger partial charge in [-0.1, -0.05) is 34.8 Å². The van der Waals surface area contributed by atoms with Crippen LogP contribution in [0, 0.1) is 0 Å². The molecule has 0 heterocycles. The quantitative estimate of drug-likeness (QED) is 0.826. The van der Waals surface area contributed by atoms with Gasteiger partial charge in [0.05, 0.1) is 16.1 Å². The molecule has 1 fully saturated rings. The Morgan fingerprint density at radius 2 is 1.67 bits per heavy atom. The second-order valence-corrected chi connectivity index (χ2v) is 5.90. The maximum absolute atomic E-state index is 9.45. The van der Waals surface area contributed by atoms with Crippen molar-refractivity contribution in [2.45, 2.75) is 44.4 Å². The summed E-state index contributed by atoms with van der Waals surface area (Å²) in [6.07, 6.45) is 3.54. The average Bonchev–Trinajstić information content (AvgIpc) is 2.36. The van der Waals surface area contributed by atoms with Crippen LogP contribution in [-0.4, -0.2) is 17.3 Å². The molecule has 0 bridgehead atoms. The number of halogens is 3. The Morgan fingerprint density at radius 3 is 2.33 bits per heavy atom. The fourth-order valence-electron chi connectivity index (χ4n) is 2.26. The molecule has 2 rings (SSSR count). The molecule has 100 valence electrons. The molecule has 0 spiro atoms. The van der Waals surface area contributed by atoms with Gasteiger partial charge < -0.3 is 10.4 Å². The second kappa shape index (κ2) is 6.44. The molecule has 1 aromatic rings. The van der Waals surface area contributed by atoms with Gasteiger partial charge in [0.25, 0.3) is 0 Å². The van der Waals surface area contributed by atoms with Crippen LogP contribution in [0.25, 0.3) is 0 Å². The van der Waals surface area contributed by atoms with Crippen LogP contribution in [0.2, 0.25) is 15.1 Å². The first-order valence-corrected chi connectivity index (χ1v) is 7.25. The first kappa shape index (κ1) is 14.4. The molecule has 0 atom stereocenters. The lowest BCUT2D eigenvalue weighted by molar-refractivity contribution is 0.116. The van der Waals surface area contributed by atoms with E-state index >= 15 is 0 Å². The van der Waals surface area contributed by atoms with Gasteiger partial charge in [-0.3, -0.25) is 0 Å². The van der Waals surface area contributed by atoms with E-state index in [0.29, 0.717) is 27.7 Å². The molecule has 0 aliphatic heterocycles. The van der Waals surface area contributed by atoms with Gasteiger partial charge in [-0.2, -0.15) is 0 Å². The van der Waals surface area contributed by atoms with Crippen LogP contribution in [0.5, 0.6) is 0 Å². The fourth-order valence-corrected chi connectivity index (χ4v) is 2.94. The predicted molar refractivity (Wildman–Crippen MR) is 76.6 cm³/mol. The van der Waals surface area contributed by atoms with E-state index in [9.17, 15) is 5.11 Å². The van der Waals surface area contributed by atoms with Crippen molar-refractivity contribution >= 4 is 34.8 Å². The zero-order chi connectivity index (χ0) is 13.1.